The van der Waals surface area contributed by atoms with E-state index in [9.17, 15) is 9.18 Å². The van der Waals surface area contributed by atoms with Gasteiger partial charge in [-0.05, 0) is 36.6 Å². The van der Waals surface area contributed by atoms with Crippen LogP contribution in [0.3, 0.4) is 0 Å². The van der Waals surface area contributed by atoms with E-state index in [2.05, 4.69) is 6.07 Å². The van der Waals surface area contributed by atoms with Crippen LogP contribution in [0.15, 0.2) is 42.5 Å². The molecule has 0 spiro atoms. The Morgan fingerprint density at radius 2 is 1.95 bits per heavy atom. The molecule has 1 nitrogen and oxygen atoms in total. The summed E-state index contributed by atoms with van der Waals surface area (Å²) in [6.07, 6.45) is 1.51. The van der Waals surface area contributed by atoms with E-state index in [4.69, 9.17) is 11.6 Å². The largest absolute Gasteiger partial charge is 0.299 e. The van der Waals surface area contributed by atoms with Crippen LogP contribution in [0.5, 0.6) is 0 Å². The van der Waals surface area contributed by atoms with Crippen LogP contribution < -0.4 is 0 Å². The van der Waals surface area contributed by atoms with Crippen molar-refractivity contribution in [1.82, 2.24) is 0 Å². The first-order valence-electron chi connectivity index (χ1n) is 6.56. The maximum Gasteiger partial charge on any atom is 0.141 e. The number of ketones is 1. The molecular formula is C17H16ClFO. The lowest BCUT2D eigenvalue weighted by Crippen LogP contribution is -2.04. The molecule has 2 rings (SSSR count). The summed E-state index contributed by atoms with van der Waals surface area (Å²) in [5.41, 5.74) is 3.11. The number of Topliss-reactive ketones (excluding diaryl/α,β-unsaturated/α-hetero) is 1. The predicted molar refractivity (Wildman–Crippen MR) is 79.6 cm³/mol. The normalized spacial score (nSPS) is 10.6. The highest BCUT2D eigenvalue weighted by molar-refractivity contribution is 6.30. The summed E-state index contributed by atoms with van der Waals surface area (Å²) in [6, 6.07) is 12.6. The lowest BCUT2D eigenvalue weighted by Gasteiger charge is -2.04. The Kier molecular flexibility index (Phi) is 4.91. The van der Waals surface area contributed by atoms with Crippen molar-refractivity contribution in [1.29, 1.82) is 0 Å². The summed E-state index contributed by atoms with van der Waals surface area (Å²) in [4.78, 5) is 11.9. The van der Waals surface area contributed by atoms with Crippen molar-refractivity contribution in [2.45, 2.75) is 26.2 Å². The van der Waals surface area contributed by atoms with Crippen LogP contribution in [0.1, 0.15) is 23.1 Å². The molecule has 0 radical (unpaired) electrons. The third-order valence-electron chi connectivity index (χ3n) is 3.16. The predicted octanol–water partition coefficient (Wildman–Crippen LogP) is 4.53. The van der Waals surface area contributed by atoms with E-state index >= 15 is 0 Å². The highest BCUT2D eigenvalue weighted by Gasteiger charge is 2.07. The first kappa shape index (κ1) is 14.7. The van der Waals surface area contributed by atoms with Crippen molar-refractivity contribution in [3.8, 4) is 0 Å². The van der Waals surface area contributed by atoms with Crippen molar-refractivity contribution in [3.63, 3.8) is 0 Å². The van der Waals surface area contributed by atoms with Crippen LogP contribution in [0.2, 0.25) is 5.02 Å². The lowest BCUT2D eigenvalue weighted by atomic mass is 10.0. The molecule has 0 aliphatic heterocycles. The van der Waals surface area contributed by atoms with Crippen LogP contribution >= 0.6 is 11.6 Å². The first-order valence-corrected chi connectivity index (χ1v) is 6.93. The van der Waals surface area contributed by atoms with Crippen LogP contribution in [0, 0.1) is 12.7 Å². The maximum atomic E-state index is 13.0. The molecule has 104 valence electrons. The van der Waals surface area contributed by atoms with E-state index in [0.717, 1.165) is 17.5 Å². The van der Waals surface area contributed by atoms with Gasteiger partial charge in [0.15, 0.2) is 0 Å². The Morgan fingerprint density at radius 1 is 1.15 bits per heavy atom. The maximum absolute atomic E-state index is 13.0. The number of benzene rings is 2. The monoisotopic (exact) mass is 290 g/mol. The van der Waals surface area contributed by atoms with Gasteiger partial charge in [0, 0.05) is 12.8 Å². The molecule has 0 atom stereocenters. The Balaban J connectivity index is 1.91. The summed E-state index contributed by atoms with van der Waals surface area (Å²) in [5.74, 6) is -0.322. The number of halogens is 2. The molecule has 0 amide bonds. The van der Waals surface area contributed by atoms with E-state index in [1.807, 2.05) is 25.1 Å². The van der Waals surface area contributed by atoms with Gasteiger partial charge in [0.2, 0.25) is 0 Å². The van der Waals surface area contributed by atoms with E-state index in [1.54, 1.807) is 6.07 Å². The number of hydrogen-bond donors (Lipinski definition) is 0. The lowest BCUT2D eigenvalue weighted by molar-refractivity contribution is -0.118. The molecule has 0 aliphatic carbocycles. The zero-order valence-corrected chi connectivity index (χ0v) is 12.1. The molecule has 20 heavy (non-hydrogen) atoms. The number of carbonyl (C=O) groups is 1. The number of aryl methyl sites for hydroxylation is 2. The molecule has 0 aromatic heterocycles. The van der Waals surface area contributed by atoms with Crippen molar-refractivity contribution in [3.05, 3.63) is 70.0 Å². The Bertz CT molecular complexity index is 622. The van der Waals surface area contributed by atoms with Gasteiger partial charge in [0.05, 0.1) is 5.02 Å². The minimum Gasteiger partial charge on any atom is -0.299 e. The van der Waals surface area contributed by atoms with Crippen molar-refractivity contribution in [2.24, 2.45) is 0 Å². The molecule has 0 unspecified atom stereocenters. The summed E-state index contributed by atoms with van der Waals surface area (Å²) < 4.78 is 13.0. The number of hydrogen-bond acceptors (Lipinski definition) is 1. The fourth-order valence-electron chi connectivity index (χ4n) is 2.12. The van der Waals surface area contributed by atoms with Gasteiger partial charge in [0.1, 0.15) is 11.6 Å². The van der Waals surface area contributed by atoms with Gasteiger partial charge >= 0.3 is 0 Å². The molecule has 0 bridgehead atoms. The SMILES string of the molecule is Cc1cccc(CCC(=O)Cc2ccc(F)c(Cl)c2)c1. The molecule has 2 aromatic rings. The summed E-state index contributed by atoms with van der Waals surface area (Å²) in [5, 5.41) is 0.0639. The number of rotatable bonds is 5. The minimum absolute atomic E-state index is 0.0639. The van der Waals surface area contributed by atoms with Crippen molar-refractivity contribution in [2.75, 3.05) is 0 Å². The van der Waals surface area contributed by atoms with Gasteiger partial charge in [0.25, 0.3) is 0 Å². The van der Waals surface area contributed by atoms with Crippen LogP contribution in [-0.2, 0) is 17.6 Å². The third-order valence-corrected chi connectivity index (χ3v) is 3.45. The van der Waals surface area contributed by atoms with Gasteiger partial charge in [-0.15, -0.1) is 0 Å². The summed E-state index contributed by atoms with van der Waals surface area (Å²) >= 11 is 5.70. The number of carbonyl (C=O) groups excluding carboxylic acids is 1. The van der Waals surface area contributed by atoms with Gasteiger partial charge < -0.3 is 0 Å². The molecule has 2 aromatic carbocycles. The molecule has 0 N–H and O–H groups in total. The van der Waals surface area contributed by atoms with E-state index in [-0.39, 0.29) is 10.8 Å². The van der Waals surface area contributed by atoms with Gasteiger partial charge in [-0.3, -0.25) is 4.79 Å². The van der Waals surface area contributed by atoms with Crippen LogP contribution in [0.4, 0.5) is 4.39 Å². The van der Waals surface area contributed by atoms with E-state index in [1.165, 1.54) is 17.7 Å². The quantitative estimate of drug-likeness (QED) is 0.790. The second kappa shape index (κ2) is 6.67. The standard InChI is InChI=1S/C17H16ClFO/c1-12-3-2-4-13(9-12)5-7-15(20)10-14-6-8-17(19)16(18)11-14/h2-4,6,8-9,11H,5,7,10H2,1H3. The second-order valence-electron chi connectivity index (χ2n) is 4.95. The Hall–Kier alpha value is -1.67. The first-order chi connectivity index (χ1) is 9.54. The van der Waals surface area contributed by atoms with Crippen molar-refractivity contribution >= 4 is 17.4 Å². The Labute approximate surface area is 123 Å². The third kappa shape index (κ3) is 4.17. The minimum atomic E-state index is -0.456. The van der Waals surface area contributed by atoms with E-state index in [0.29, 0.717) is 12.8 Å². The average Bonchev–Trinajstić information content (AvgIpc) is 2.41. The Morgan fingerprint density at radius 3 is 2.65 bits per heavy atom. The molecule has 0 saturated heterocycles. The van der Waals surface area contributed by atoms with Gasteiger partial charge in [-0.1, -0.05) is 47.5 Å². The van der Waals surface area contributed by atoms with E-state index < -0.39 is 5.82 Å². The highest BCUT2D eigenvalue weighted by atomic mass is 35.5. The molecule has 0 saturated carbocycles. The molecule has 0 aliphatic rings. The zero-order chi connectivity index (χ0) is 14.5. The van der Waals surface area contributed by atoms with Gasteiger partial charge in [-0.2, -0.15) is 0 Å². The van der Waals surface area contributed by atoms with Gasteiger partial charge in [-0.25, -0.2) is 4.39 Å². The fourth-order valence-corrected chi connectivity index (χ4v) is 2.32. The smallest absolute Gasteiger partial charge is 0.141 e. The fraction of sp³-hybridized carbons (Fsp3) is 0.235. The molecular weight excluding hydrogens is 275 g/mol. The average molecular weight is 291 g/mol. The van der Waals surface area contributed by atoms with Crippen molar-refractivity contribution < 1.29 is 9.18 Å². The summed E-state index contributed by atoms with van der Waals surface area (Å²) in [7, 11) is 0. The van der Waals surface area contributed by atoms with Crippen LogP contribution in [0.25, 0.3) is 0 Å². The topological polar surface area (TPSA) is 17.1 Å². The molecule has 0 fully saturated rings. The summed E-state index contributed by atoms with van der Waals surface area (Å²) in [6.45, 7) is 2.03. The molecule has 3 heteroatoms. The zero-order valence-electron chi connectivity index (χ0n) is 11.3. The highest BCUT2D eigenvalue weighted by Crippen LogP contribution is 2.17. The van der Waals surface area contributed by atoms with Crippen LogP contribution in [-0.4, -0.2) is 5.78 Å². The molecule has 0 heterocycles. The second-order valence-corrected chi connectivity index (χ2v) is 5.36.